The number of nitrogens with zero attached hydrogens (tertiary/aromatic N) is 2. The highest BCUT2D eigenvalue weighted by Crippen LogP contribution is 2.40. The minimum absolute atomic E-state index is 0.0811. The SMILES string of the molecule is CC(C)(C)OC(=O)NCc1ccccc1C(Oc1nc2ccccc2nc1NS(=O)(=O)c1ccccc1Cl)C(F)(F)F. The first-order chi connectivity index (χ1) is 19.6. The summed E-state index contributed by atoms with van der Waals surface area (Å²) >= 11 is 6.06. The second kappa shape index (κ2) is 12.0. The van der Waals surface area contributed by atoms with Crippen molar-refractivity contribution in [2.75, 3.05) is 4.72 Å². The van der Waals surface area contributed by atoms with E-state index >= 15 is 0 Å². The van der Waals surface area contributed by atoms with Crippen LogP contribution in [0.3, 0.4) is 0 Å². The lowest BCUT2D eigenvalue weighted by molar-refractivity contribution is -0.198. The summed E-state index contributed by atoms with van der Waals surface area (Å²) in [5.74, 6) is -1.30. The third kappa shape index (κ3) is 7.59. The molecule has 1 heterocycles. The van der Waals surface area contributed by atoms with Gasteiger partial charge in [0.05, 0.1) is 16.1 Å². The lowest BCUT2D eigenvalue weighted by atomic mass is 10.0. The number of alkyl carbamates (subject to hydrolysis) is 1. The first-order valence-electron chi connectivity index (χ1n) is 12.5. The smallest absolute Gasteiger partial charge is 0.429 e. The Kier molecular flexibility index (Phi) is 8.83. The Morgan fingerprint density at radius 2 is 1.52 bits per heavy atom. The van der Waals surface area contributed by atoms with Crippen LogP contribution in [-0.2, 0) is 21.3 Å². The number of halogens is 4. The molecule has 42 heavy (non-hydrogen) atoms. The van der Waals surface area contributed by atoms with Crippen molar-refractivity contribution < 1.29 is 35.9 Å². The number of hydrogen-bond donors (Lipinski definition) is 2. The number of nitrogens with one attached hydrogen (secondary N) is 2. The van der Waals surface area contributed by atoms with Gasteiger partial charge in [0.1, 0.15) is 10.5 Å². The maximum Gasteiger partial charge on any atom is 0.429 e. The Labute approximate surface area is 245 Å². The first kappa shape index (κ1) is 30.8. The normalized spacial score (nSPS) is 12.9. The van der Waals surface area contributed by atoms with E-state index in [0.717, 1.165) is 0 Å². The standard InChI is InChI=1S/C28H26ClF3N4O5S/c1-27(2,3)41-26(37)33-16-17-10-4-5-11-18(17)23(28(30,31)32)40-25-24(34-20-13-7-8-14-21(20)35-25)36-42(38,39)22-15-9-6-12-19(22)29/h4-15,23H,16H2,1-3H3,(H,33,37)(H,34,36). The highest BCUT2D eigenvalue weighted by molar-refractivity contribution is 7.92. The topological polar surface area (TPSA) is 120 Å². The van der Waals surface area contributed by atoms with Crippen molar-refractivity contribution in [3.05, 3.63) is 88.9 Å². The lowest BCUT2D eigenvalue weighted by Gasteiger charge is -2.25. The summed E-state index contributed by atoms with van der Waals surface area (Å²) in [4.78, 5) is 20.2. The summed E-state index contributed by atoms with van der Waals surface area (Å²) in [5, 5.41) is 2.33. The van der Waals surface area contributed by atoms with Crippen LogP contribution in [0, 0.1) is 0 Å². The number of hydrogen-bond acceptors (Lipinski definition) is 7. The molecular formula is C28H26ClF3N4O5S. The van der Waals surface area contributed by atoms with Crippen LogP contribution in [0.1, 0.15) is 38.0 Å². The molecule has 2 N–H and O–H groups in total. The number of sulfonamides is 1. The molecular weight excluding hydrogens is 597 g/mol. The Morgan fingerprint density at radius 3 is 2.17 bits per heavy atom. The van der Waals surface area contributed by atoms with Crippen molar-refractivity contribution in [3.63, 3.8) is 0 Å². The van der Waals surface area contributed by atoms with Gasteiger partial charge in [-0.1, -0.05) is 60.1 Å². The zero-order valence-electron chi connectivity index (χ0n) is 22.6. The van der Waals surface area contributed by atoms with Crippen LogP contribution in [-0.4, -0.2) is 36.3 Å². The highest BCUT2D eigenvalue weighted by Gasteiger charge is 2.45. The molecule has 1 amide bonds. The summed E-state index contributed by atoms with van der Waals surface area (Å²) < 4.78 is 82.8. The molecule has 0 aliphatic heterocycles. The predicted octanol–water partition coefficient (Wildman–Crippen LogP) is 6.79. The number of fused-ring (bicyclic) bond motifs is 1. The molecule has 0 aliphatic rings. The fourth-order valence-corrected chi connectivity index (χ4v) is 5.35. The molecule has 4 aromatic rings. The average molecular weight is 623 g/mol. The number of para-hydroxylation sites is 2. The molecule has 4 rings (SSSR count). The molecule has 1 aromatic heterocycles. The maximum absolute atomic E-state index is 14.6. The third-order valence-electron chi connectivity index (χ3n) is 5.58. The molecule has 14 heteroatoms. The minimum atomic E-state index is -4.99. The van der Waals surface area contributed by atoms with Gasteiger partial charge < -0.3 is 14.8 Å². The number of anilines is 1. The zero-order valence-corrected chi connectivity index (χ0v) is 24.1. The molecule has 0 radical (unpaired) electrons. The van der Waals surface area contributed by atoms with Crippen LogP contribution < -0.4 is 14.8 Å². The molecule has 9 nitrogen and oxygen atoms in total. The summed E-state index contributed by atoms with van der Waals surface area (Å²) in [7, 11) is -4.42. The van der Waals surface area contributed by atoms with Crippen LogP contribution in [0.15, 0.2) is 77.7 Å². The minimum Gasteiger partial charge on any atom is -0.457 e. The number of alkyl halides is 3. The molecule has 0 saturated carbocycles. The van der Waals surface area contributed by atoms with E-state index in [4.69, 9.17) is 21.1 Å². The number of ether oxygens (including phenoxy) is 2. The molecule has 222 valence electrons. The van der Waals surface area contributed by atoms with E-state index in [1.54, 1.807) is 32.9 Å². The van der Waals surface area contributed by atoms with Crippen molar-refractivity contribution in [2.24, 2.45) is 0 Å². The van der Waals surface area contributed by atoms with Gasteiger partial charge in [-0.05, 0) is 50.6 Å². The fourth-order valence-electron chi connectivity index (χ4n) is 3.83. The van der Waals surface area contributed by atoms with Crippen molar-refractivity contribution in [1.29, 1.82) is 0 Å². The Balaban J connectivity index is 1.75. The van der Waals surface area contributed by atoms with Gasteiger partial charge in [0.15, 0.2) is 0 Å². The van der Waals surface area contributed by atoms with Gasteiger partial charge in [0, 0.05) is 12.1 Å². The van der Waals surface area contributed by atoms with E-state index in [-0.39, 0.29) is 38.6 Å². The van der Waals surface area contributed by atoms with Gasteiger partial charge >= 0.3 is 12.3 Å². The molecule has 1 atom stereocenters. The van der Waals surface area contributed by atoms with Crippen molar-refractivity contribution in [3.8, 4) is 5.88 Å². The van der Waals surface area contributed by atoms with Gasteiger partial charge in [0.25, 0.3) is 15.9 Å². The molecule has 3 aromatic carbocycles. The fraction of sp³-hybridized carbons (Fsp3) is 0.250. The van der Waals surface area contributed by atoms with Gasteiger partial charge in [0.2, 0.25) is 11.9 Å². The van der Waals surface area contributed by atoms with Crippen molar-refractivity contribution in [1.82, 2.24) is 15.3 Å². The van der Waals surface area contributed by atoms with Crippen LogP contribution in [0.25, 0.3) is 11.0 Å². The van der Waals surface area contributed by atoms with Crippen LogP contribution in [0.4, 0.5) is 23.8 Å². The van der Waals surface area contributed by atoms with E-state index in [0.29, 0.717) is 0 Å². The lowest BCUT2D eigenvalue weighted by Crippen LogP contribution is -2.33. The number of carbonyl (C=O) groups is 1. The largest absolute Gasteiger partial charge is 0.457 e. The van der Waals surface area contributed by atoms with Crippen LogP contribution >= 0.6 is 11.6 Å². The Morgan fingerprint density at radius 1 is 0.929 bits per heavy atom. The highest BCUT2D eigenvalue weighted by atomic mass is 35.5. The molecule has 0 saturated heterocycles. The molecule has 0 aliphatic carbocycles. The summed E-state index contributed by atoms with van der Waals surface area (Å²) in [5.41, 5.74) is -0.710. The Hall–Kier alpha value is -4.10. The van der Waals surface area contributed by atoms with Gasteiger partial charge in [-0.25, -0.2) is 23.2 Å². The monoisotopic (exact) mass is 622 g/mol. The molecule has 0 fully saturated rings. The predicted molar refractivity (Wildman–Crippen MR) is 151 cm³/mol. The van der Waals surface area contributed by atoms with Crippen LogP contribution in [0.5, 0.6) is 5.88 Å². The zero-order chi connectivity index (χ0) is 30.7. The van der Waals surface area contributed by atoms with E-state index < -0.39 is 45.7 Å². The number of aromatic nitrogens is 2. The molecule has 1 unspecified atom stereocenters. The van der Waals surface area contributed by atoms with Crippen molar-refractivity contribution in [2.45, 2.75) is 50.1 Å². The second-order valence-electron chi connectivity index (χ2n) is 10.00. The number of rotatable bonds is 8. The van der Waals surface area contributed by atoms with Crippen molar-refractivity contribution >= 4 is 44.6 Å². The second-order valence-corrected chi connectivity index (χ2v) is 12.1. The number of amides is 1. The summed E-state index contributed by atoms with van der Waals surface area (Å²) in [6.45, 7) is 4.64. The molecule has 0 bridgehead atoms. The first-order valence-corrected chi connectivity index (χ1v) is 14.3. The van der Waals surface area contributed by atoms with E-state index in [2.05, 4.69) is 20.0 Å². The van der Waals surface area contributed by atoms with Crippen LogP contribution in [0.2, 0.25) is 5.02 Å². The van der Waals surface area contributed by atoms with Gasteiger partial charge in [-0.2, -0.15) is 13.2 Å². The molecule has 0 spiro atoms. The van der Waals surface area contributed by atoms with E-state index in [1.807, 2.05) is 0 Å². The quantitative estimate of drug-likeness (QED) is 0.222. The summed E-state index contributed by atoms with van der Waals surface area (Å²) in [6, 6.07) is 17.2. The number of carbonyl (C=O) groups excluding carboxylic acids is 1. The number of benzene rings is 3. The third-order valence-corrected chi connectivity index (χ3v) is 7.42. The van der Waals surface area contributed by atoms with E-state index in [9.17, 15) is 26.4 Å². The average Bonchev–Trinajstić information content (AvgIpc) is 2.89. The van der Waals surface area contributed by atoms with Gasteiger partial charge in [-0.3, -0.25) is 4.72 Å². The summed E-state index contributed by atoms with van der Waals surface area (Å²) in [6.07, 6.45) is -8.43. The Bertz CT molecular complexity index is 1710. The van der Waals surface area contributed by atoms with E-state index in [1.165, 1.54) is 60.7 Å². The maximum atomic E-state index is 14.6. The van der Waals surface area contributed by atoms with Gasteiger partial charge in [-0.15, -0.1) is 0 Å².